The van der Waals surface area contributed by atoms with Gasteiger partial charge in [-0.3, -0.25) is 4.79 Å². The molecule has 2 aliphatic rings. The average Bonchev–Trinajstić information content (AvgIpc) is 2.88. The van der Waals surface area contributed by atoms with Gasteiger partial charge in [0.25, 0.3) is 0 Å². The maximum Gasteiger partial charge on any atom is 0.319 e. The van der Waals surface area contributed by atoms with E-state index in [0.717, 1.165) is 32.4 Å². The van der Waals surface area contributed by atoms with Gasteiger partial charge in [-0.25, -0.2) is 4.79 Å². The molecule has 1 saturated heterocycles. The van der Waals surface area contributed by atoms with Crippen LogP contribution < -0.4 is 5.32 Å². The smallest absolute Gasteiger partial charge is 0.319 e. The van der Waals surface area contributed by atoms with Crippen LogP contribution in [0.5, 0.6) is 0 Å². The summed E-state index contributed by atoms with van der Waals surface area (Å²) in [6.07, 6.45) is 3.52. The molecule has 142 valence electrons. The number of nitrogens with one attached hydrogen (secondary N) is 1. The zero-order valence-corrected chi connectivity index (χ0v) is 16.4. The standard InChI is InChI=1S/C21H31N3O2/c1-15(2)22-19(25)13-16-14-21(18-8-6-5-7-17(16)18)9-11-24(12-10-21)20(26)23(3)4/h5-8,15-16H,9-14H2,1-4H3,(H,22,25)/t16-/m1/s1. The molecule has 0 unspecified atom stereocenters. The number of carbonyl (C=O) groups is 2. The predicted molar refractivity (Wildman–Crippen MR) is 103 cm³/mol. The number of benzene rings is 1. The van der Waals surface area contributed by atoms with E-state index in [-0.39, 0.29) is 29.3 Å². The van der Waals surface area contributed by atoms with Gasteiger partial charge in [0.05, 0.1) is 0 Å². The molecular formula is C21H31N3O2. The number of fused-ring (bicyclic) bond motifs is 2. The number of hydrogen-bond acceptors (Lipinski definition) is 2. The lowest BCUT2D eigenvalue weighted by molar-refractivity contribution is -0.122. The number of nitrogens with zero attached hydrogens (tertiary/aromatic N) is 2. The molecule has 26 heavy (non-hydrogen) atoms. The maximum absolute atomic E-state index is 12.3. The van der Waals surface area contributed by atoms with Gasteiger partial charge < -0.3 is 15.1 Å². The zero-order chi connectivity index (χ0) is 18.9. The molecule has 0 radical (unpaired) electrons. The highest BCUT2D eigenvalue weighted by Crippen LogP contribution is 2.52. The molecule has 1 heterocycles. The summed E-state index contributed by atoms with van der Waals surface area (Å²) in [7, 11) is 3.61. The molecule has 5 heteroatoms. The van der Waals surface area contributed by atoms with E-state index in [1.807, 2.05) is 18.7 Å². The van der Waals surface area contributed by atoms with Gasteiger partial charge >= 0.3 is 6.03 Å². The number of rotatable bonds is 3. The maximum atomic E-state index is 12.3. The third-order valence-corrected chi connectivity index (χ3v) is 5.86. The van der Waals surface area contributed by atoms with E-state index in [9.17, 15) is 9.59 Å². The molecule has 1 aliphatic heterocycles. The normalized spacial score (nSPS) is 21.0. The van der Waals surface area contributed by atoms with Crippen LogP contribution in [0, 0.1) is 0 Å². The lowest BCUT2D eigenvalue weighted by atomic mass is 9.73. The first-order valence-corrected chi connectivity index (χ1v) is 9.67. The van der Waals surface area contributed by atoms with Crippen LogP contribution in [0.3, 0.4) is 0 Å². The quantitative estimate of drug-likeness (QED) is 0.904. The van der Waals surface area contributed by atoms with Crippen molar-refractivity contribution in [3.05, 3.63) is 35.4 Å². The second-order valence-corrected chi connectivity index (χ2v) is 8.36. The minimum Gasteiger partial charge on any atom is -0.354 e. The van der Waals surface area contributed by atoms with E-state index in [0.29, 0.717) is 6.42 Å². The van der Waals surface area contributed by atoms with Crippen molar-refractivity contribution in [1.29, 1.82) is 0 Å². The largest absolute Gasteiger partial charge is 0.354 e. The van der Waals surface area contributed by atoms with Crippen LogP contribution in [0.2, 0.25) is 0 Å². The van der Waals surface area contributed by atoms with Crippen molar-refractivity contribution in [2.75, 3.05) is 27.2 Å². The van der Waals surface area contributed by atoms with Crippen LogP contribution in [0.1, 0.15) is 56.6 Å². The molecule has 0 bridgehead atoms. The van der Waals surface area contributed by atoms with Crippen LogP contribution in [0.25, 0.3) is 0 Å². The van der Waals surface area contributed by atoms with Gasteiger partial charge in [-0.05, 0) is 55.6 Å². The van der Waals surface area contributed by atoms with Gasteiger partial charge in [-0.15, -0.1) is 0 Å². The van der Waals surface area contributed by atoms with Crippen molar-refractivity contribution >= 4 is 11.9 Å². The second-order valence-electron chi connectivity index (χ2n) is 8.36. The van der Waals surface area contributed by atoms with Crippen molar-refractivity contribution in [1.82, 2.24) is 15.1 Å². The topological polar surface area (TPSA) is 52.7 Å². The van der Waals surface area contributed by atoms with Gasteiger partial charge in [0.1, 0.15) is 0 Å². The summed E-state index contributed by atoms with van der Waals surface area (Å²) in [5.74, 6) is 0.415. The fourth-order valence-electron chi connectivity index (χ4n) is 4.70. The number of carbonyl (C=O) groups excluding carboxylic acids is 2. The number of hydrogen-bond donors (Lipinski definition) is 1. The Kier molecular flexibility index (Phi) is 5.26. The van der Waals surface area contributed by atoms with Crippen LogP contribution in [-0.2, 0) is 10.2 Å². The third-order valence-electron chi connectivity index (χ3n) is 5.86. The van der Waals surface area contributed by atoms with Crippen molar-refractivity contribution in [3.63, 3.8) is 0 Å². The summed E-state index contributed by atoms with van der Waals surface area (Å²) >= 11 is 0. The summed E-state index contributed by atoms with van der Waals surface area (Å²) in [6.45, 7) is 5.57. The molecule has 0 saturated carbocycles. The van der Waals surface area contributed by atoms with E-state index in [1.54, 1.807) is 19.0 Å². The second kappa shape index (κ2) is 7.29. The first-order chi connectivity index (χ1) is 12.3. The van der Waals surface area contributed by atoms with Crippen LogP contribution in [0.15, 0.2) is 24.3 Å². The molecule has 1 aliphatic carbocycles. The zero-order valence-electron chi connectivity index (χ0n) is 16.4. The van der Waals surface area contributed by atoms with Crippen LogP contribution >= 0.6 is 0 Å². The molecule has 1 aromatic carbocycles. The first kappa shape index (κ1) is 18.7. The Bertz CT molecular complexity index is 676. The van der Waals surface area contributed by atoms with Crippen molar-refractivity contribution < 1.29 is 9.59 Å². The van der Waals surface area contributed by atoms with Gasteiger partial charge in [-0.1, -0.05) is 24.3 Å². The summed E-state index contributed by atoms with van der Waals surface area (Å²) in [5.41, 5.74) is 2.85. The number of urea groups is 1. The van der Waals surface area contributed by atoms with E-state index in [2.05, 4.69) is 29.6 Å². The minimum atomic E-state index is 0.0963. The van der Waals surface area contributed by atoms with Crippen molar-refractivity contribution in [2.24, 2.45) is 0 Å². The highest BCUT2D eigenvalue weighted by Gasteiger charge is 2.46. The molecule has 1 aromatic rings. The van der Waals surface area contributed by atoms with Gasteiger partial charge in [0.15, 0.2) is 0 Å². The fraction of sp³-hybridized carbons (Fsp3) is 0.619. The highest BCUT2D eigenvalue weighted by molar-refractivity contribution is 5.77. The number of amides is 3. The molecule has 1 N–H and O–H groups in total. The Morgan fingerprint density at radius 3 is 2.50 bits per heavy atom. The number of piperidine rings is 1. The summed E-state index contributed by atoms with van der Waals surface area (Å²) in [5, 5.41) is 3.03. The monoisotopic (exact) mass is 357 g/mol. The molecule has 0 aromatic heterocycles. The van der Waals surface area contributed by atoms with E-state index in [1.165, 1.54) is 11.1 Å². The fourth-order valence-corrected chi connectivity index (χ4v) is 4.70. The molecule has 1 atom stereocenters. The van der Waals surface area contributed by atoms with Gasteiger partial charge in [0.2, 0.25) is 5.91 Å². The van der Waals surface area contributed by atoms with Crippen molar-refractivity contribution in [3.8, 4) is 0 Å². The lowest BCUT2D eigenvalue weighted by Crippen LogP contribution is -2.47. The third kappa shape index (κ3) is 3.57. The van der Waals surface area contributed by atoms with Gasteiger partial charge in [-0.2, -0.15) is 0 Å². The summed E-state index contributed by atoms with van der Waals surface area (Å²) in [6, 6.07) is 8.88. The first-order valence-electron chi connectivity index (χ1n) is 9.67. The Hall–Kier alpha value is -2.04. The van der Waals surface area contributed by atoms with Crippen molar-refractivity contribution in [2.45, 2.75) is 56.9 Å². The molecule has 5 nitrogen and oxygen atoms in total. The molecule has 1 spiro atoms. The Morgan fingerprint density at radius 1 is 1.23 bits per heavy atom. The van der Waals surface area contributed by atoms with Crippen LogP contribution in [0.4, 0.5) is 4.79 Å². The van der Waals surface area contributed by atoms with E-state index >= 15 is 0 Å². The summed E-state index contributed by atoms with van der Waals surface area (Å²) < 4.78 is 0. The lowest BCUT2D eigenvalue weighted by Gasteiger charge is -2.41. The predicted octanol–water partition coefficient (Wildman–Crippen LogP) is 3.10. The Morgan fingerprint density at radius 2 is 1.88 bits per heavy atom. The number of likely N-dealkylation sites (tertiary alicyclic amines) is 1. The molecular weight excluding hydrogens is 326 g/mol. The molecule has 3 rings (SSSR count). The SMILES string of the molecule is CC(C)NC(=O)C[C@@H]1CC2(CCN(C(=O)N(C)C)CC2)c2ccccc21. The Labute approximate surface area is 156 Å². The minimum absolute atomic E-state index is 0.0963. The van der Waals surface area contributed by atoms with E-state index in [4.69, 9.17) is 0 Å². The highest BCUT2D eigenvalue weighted by atomic mass is 16.2. The Balaban J connectivity index is 1.76. The molecule has 3 amide bonds. The molecule has 1 fully saturated rings. The average molecular weight is 357 g/mol. The summed E-state index contributed by atoms with van der Waals surface area (Å²) in [4.78, 5) is 28.2. The van der Waals surface area contributed by atoms with E-state index < -0.39 is 0 Å². The van der Waals surface area contributed by atoms with Crippen LogP contribution in [-0.4, -0.2) is 55.0 Å². The van der Waals surface area contributed by atoms with Gasteiger partial charge in [0, 0.05) is 39.6 Å².